The first-order valence-corrected chi connectivity index (χ1v) is 6.48. The fraction of sp³-hybridized carbons (Fsp3) is 0.357. The van der Waals surface area contributed by atoms with E-state index in [0.717, 1.165) is 17.8 Å². The lowest BCUT2D eigenvalue weighted by Gasteiger charge is -2.00. The lowest BCUT2D eigenvalue weighted by Crippen LogP contribution is -1.91. The summed E-state index contributed by atoms with van der Waals surface area (Å²) in [6, 6.07) is 10.7. The molecular formula is C14H17NS. The number of aromatic nitrogens is 1. The van der Waals surface area contributed by atoms with Crippen molar-refractivity contribution in [2.45, 2.75) is 33.1 Å². The third-order valence-electron chi connectivity index (χ3n) is 2.55. The number of nitrogens with zero attached hydrogens (tertiary/aromatic N) is 1. The number of rotatable bonds is 3. The highest BCUT2D eigenvalue weighted by Gasteiger charge is 2.05. The molecule has 2 aromatic rings. The second kappa shape index (κ2) is 4.79. The van der Waals surface area contributed by atoms with Gasteiger partial charge in [-0.25, -0.2) is 0 Å². The van der Waals surface area contributed by atoms with Gasteiger partial charge in [-0.2, -0.15) is 0 Å². The second-order valence-electron chi connectivity index (χ2n) is 4.41. The van der Waals surface area contributed by atoms with Crippen molar-refractivity contribution in [2.75, 3.05) is 0 Å². The van der Waals surface area contributed by atoms with Crippen LogP contribution in [0.5, 0.6) is 0 Å². The molecular weight excluding hydrogens is 214 g/mol. The van der Waals surface area contributed by atoms with Gasteiger partial charge in [-0.15, -0.1) is 11.3 Å². The zero-order valence-corrected chi connectivity index (χ0v) is 10.8. The molecule has 2 heteroatoms. The highest BCUT2D eigenvalue weighted by atomic mass is 32.1. The molecule has 16 heavy (non-hydrogen) atoms. The summed E-state index contributed by atoms with van der Waals surface area (Å²) in [4.78, 5) is 7.39. The van der Waals surface area contributed by atoms with Crippen molar-refractivity contribution in [3.05, 3.63) is 51.5 Å². The van der Waals surface area contributed by atoms with E-state index >= 15 is 0 Å². The topological polar surface area (TPSA) is 12.9 Å². The Labute approximate surface area is 101 Å². The number of pyridine rings is 1. The summed E-state index contributed by atoms with van der Waals surface area (Å²) in [7, 11) is 0. The number of aryl methyl sites for hydroxylation is 1. The van der Waals surface area contributed by atoms with Crippen LogP contribution in [0.15, 0.2) is 30.3 Å². The maximum atomic E-state index is 4.53. The van der Waals surface area contributed by atoms with Crippen molar-refractivity contribution >= 4 is 11.3 Å². The highest BCUT2D eigenvalue weighted by molar-refractivity contribution is 7.12. The zero-order valence-electron chi connectivity index (χ0n) is 10.0. The maximum Gasteiger partial charge on any atom is 0.0458 e. The first kappa shape index (κ1) is 11.3. The van der Waals surface area contributed by atoms with Crippen molar-refractivity contribution in [2.24, 2.45) is 0 Å². The molecule has 0 aliphatic rings. The van der Waals surface area contributed by atoms with E-state index in [1.807, 2.05) is 24.3 Å². The first-order chi connectivity index (χ1) is 7.65. The Morgan fingerprint density at radius 1 is 1.19 bits per heavy atom. The summed E-state index contributed by atoms with van der Waals surface area (Å²) in [5, 5.41) is 0. The summed E-state index contributed by atoms with van der Waals surface area (Å²) in [5.41, 5.74) is 2.26. The van der Waals surface area contributed by atoms with Crippen LogP contribution < -0.4 is 0 Å². The SMILES string of the molecule is Cc1cccc(Cc2ccc(C(C)C)s2)n1. The van der Waals surface area contributed by atoms with Crippen LogP contribution in [-0.4, -0.2) is 4.98 Å². The molecule has 0 aliphatic carbocycles. The lowest BCUT2D eigenvalue weighted by atomic mass is 10.2. The summed E-state index contributed by atoms with van der Waals surface area (Å²) >= 11 is 1.90. The second-order valence-corrected chi connectivity index (χ2v) is 5.61. The molecule has 0 atom stereocenters. The fourth-order valence-corrected chi connectivity index (χ4v) is 2.71. The van der Waals surface area contributed by atoms with Gasteiger partial charge in [-0.1, -0.05) is 19.9 Å². The maximum absolute atomic E-state index is 4.53. The zero-order chi connectivity index (χ0) is 11.5. The van der Waals surface area contributed by atoms with Crippen LogP contribution in [0.1, 0.15) is 40.9 Å². The smallest absolute Gasteiger partial charge is 0.0458 e. The molecule has 0 spiro atoms. The van der Waals surface area contributed by atoms with Crippen LogP contribution in [0.4, 0.5) is 0 Å². The summed E-state index contributed by atoms with van der Waals surface area (Å²) in [5.74, 6) is 0.629. The highest BCUT2D eigenvalue weighted by Crippen LogP contribution is 2.25. The van der Waals surface area contributed by atoms with Crippen molar-refractivity contribution in [3.8, 4) is 0 Å². The standard InChI is InChI=1S/C14H17NS/c1-10(2)14-8-7-13(16-14)9-12-6-4-5-11(3)15-12/h4-8,10H,9H2,1-3H3. The molecule has 0 saturated heterocycles. The van der Waals surface area contributed by atoms with Gasteiger partial charge >= 0.3 is 0 Å². The predicted molar refractivity (Wildman–Crippen MR) is 70.2 cm³/mol. The predicted octanol–water partition coefficient (Wildman–Crippen LogP) is 4.17. The molecule has 1 nitrogen and oxygen atoms in total. The number of hydrogen-bond acceptors (Lipinski definition) is 2. The third-order valence-corrected chi connectivity index (χ3v) is 3.94. The largest absolute Gasteiger partial charge is 0.258 e. The van der Waals surface area contributed by atoms with Gasteiger partial charge in [0.2, 0.25) is 0 Å². The molecule has 0 unspecified atom stereocenters. The van der Waals surface area contributed by atoms with Crippen LogP contribution in [0.2, 0.25) is 0 Å². The van der Waals surface area contributed by atoms with Crippen molar-refractivity contribution in [1.82, 2.24) is 4.98 Å². The molecule has 84 valence electrons. The Morgan fingerprint density at radius 3 is 2.62 bits per heavy atom. The van der Waals surface area contributed by atoms with Crippen LogP contribution >= 0.6 is 11.3 Å². The molecule has 0 amide bonds. The summed E-state index contributed by atoms with van der Waals surface area (Å²) in [6.45, 7) is 6.51. The Kier molecular flexibility index (Phi) is 3.39. The molecule has 0 N–H and O–H groups in total. The Balaban J connectivity index is 2.14. The molecule has 0 bridgehead atoms. The van der Waals surface area contributed by atoms with Gasteiger partial charge in [-0.05, 0) is 37.1 Å². The van der Waals surface area contributed by atoms with E-state index in [-0.39, 0.29) is 0 Å². The molecule has 2 aromatic heterocycles. The average molecular weight is 231 g/mol. The van der Waals surface area contributed by atoms with Gasteiger partial charge in [0.1, 0.15) is 0 Å². The molecule has 0 radical (unpaired) electrons. The molecule has 0 fully saturated rings. The van der Waals surface area contributed by atoms with Gasteiger partial charge in [0, 0.05) is 27.6 Å². The van der Waals surface area contributed by atoms with E-state index < -0.39 is 0 Å². The van der Waals surface area contributed by atoms with Gasteiger partial charge < -0.3 is 0 Å². The summed E-state index contributed by atoms with van der Waals surface area (Å²) in [6.07, 6.45) is 0.957. The monoisotopic (exact) mass is 231 g/mol. The molecule has 0 aromatic carbocycles. The fourth-order valence-electron chi connectivity index (χ4n) is 1.68. The van der Waals surface area contributed by atoms with E-state index in [1.165, 1.54) is 9.75 Å². The van der Waals surface area contributed by atoms with Crippen molar-refractivity contribution in [1.29, 1.82) is 0 Å². The molecule has 2 heterocycles. The minimum absolute atomic E-state index is 0.629. The van der Waals surface area contributed by atoms with Crippen LogP contribution in [0, 0.1) is 6.92 Å². The molecule has 0 saturated carbocycles. The third kappa shape index (κ3) is 2.70. The minimum atomic E-state index is 0.629. The van der Waals surface area contributed by atoms with E-state index in [1.54, 1.807) is 0 Å². The number of thiophene rings is 1. The van der Waals surface area contributed by atoms with E-state index in [0.29, 0.717) is 5.92 Å². The average Bonchev–Trinajstić information content (AvgIpc) is 2.66. The first-order valence-electron chi connectivity index (χ1n) is 5.66. The Hall–Kier alpha value is -1.15. The van der Waals surface area contributed by atoms with Gasteiger partial charge in [-0.3, -0.25) is 4.98 Å². The quantitative estimate of drug-likeness (QED) is 0.772. The van der Waals surface area contributed by atoms with Crippen LogP contribution in [0.3, 0.4) is 0 Å². The lowest BCUT2D eigenvalue weighted by molar-refractivity contribution is 0.890. The van der Waals surface area contributed by atoms with Gasteiger partial charge in [0.15, 0.2) is 0 Å². The van der Waals surface area contributed by atoms with E-state index in [2.05, 4.69) is 43.1 Å². The number of hydrogen-bond donors (Lipinski definition) is 0. The molecule has 0 aliphatic heterocycles. The van der Waals surface area contributed by atoms with Crippen LogP contribution in [0.25, 0.3) is 0 Å². The van der Waals surface area contributed by atoms with Crippen molar-refractivity contribution < 1.29 is 0 Å². The summed E-state index contributed by atoms with van der Waals surface area (Å²) < 4.78 is 0. The van der Waals surface area contributed by atoms with E-state index in [9.17, 15) is 0 Å². The Morgan fingerprint density at radius 2 is 2.00 bits per heavy atom. The normalized spacial score (nSPS) is 11.0. The molecule has 2 rings (SSSR count). The van der Waals surface area contributed by atoms with Crippen LogP contribution in [-0.2, 0) is 6.42 Å². The van der Waals surface area contributed by atoms with Crippen molar-refractivity contribution in [3.63, 3.8) is 0 Å². The van der Waals surface area contributed by atoms with Gasteiger partial charge in [0.05, 0.1) is 0 Å². The van der Waals surface area contributed by atoms with Gasteiger partial charge in [0.25, 0.3) is 0 Å². The minimum Gasteiger partial charge on any atom is -0.258 e. The van der Waals surface area contributed by atoms with E-state index in [4.69, 9.17) is 0 Å². The Bertz CT molecular complexity index is 471.